The molecule has 100 valence electrons. The van der Waals surface area contributed by atoms with Crippen LogP contribution in [0.25, 0.3) is 0 Å². The molecular formula is C12H12FN3O2S. The summed E-state index contributed by atoms with van der Waals surface area (Å²) in [4.78, 5) is 3.63. The molecule has 1 heterocycles. The van der Waals surface area contributed by atoms with Crippen LogP contribution in [0.1, 0.15) is 5.56 Å². The van der Waals surface area contributed by atoms with Crippen molar-refractivity contribution >= 4 is 15.7 Å². The van der Waals surface area contributed by atoms with Crippen molar-refractivity contribution in [3.63, 3.8) is 0 Å². The number of anilines is 1. The monoisotopic (exact) mass is 281 g/mol. The van der Waals surface area contributed by atoms with Crippen molar-refractivity contribution in [3.8, 4) is 0 Å². The van der Waals surface area contributed by atoms with E-state index in [2.05, 4.69) is 9.71 Å². The second kappa shape index (κ2) is 5.33. The van der Waals surface area contributed by atoms with Gasteiger partial charge in [-0.2, -0.15) is 0 Å². The zero-order chi connectivity index (χ0) is 13.9. The minimum Gasteiger partial charge on any atom is -0.399 e. The third kappa shape index (κ3) is 3.49. The van der Waals surface area contributed by atoms with Gasteiger partial charge in [0.1, 0.15) is 5.82 Å². The normalized spacial score (nSPS) is 11.4. The molecule has 1 aromatic carbocycles. The van der Waals surface area contributed by atoms with Crippen LogP contribution >= 0.6 is 0 Å². The predicted octanol–water partition coefficient (Wildman–Crippen LogP) is 1.28. The van der Waals surface area contributed by atoms with E-state index in [9.17, 15) is 12.8 Å². The van der Waals surface area contributed by atoms with Gasteiger partial charge in [-0.3, -0.25) is 4.98 Å². The molecule has 0 spiro atoms. The number of aromatic nitrogens is 1. The third-order valence-corrected chi connectivity index (χ3v) is 3.80. The van der Waals surface area contributed by atoms with E-state index in [1.807, 2.05) is 0 Å². The molecule has 1 aromatic heterocycles. The van der Waals surface area contributed by atoms with Crippen molar-refractivity contribution in [2.24, 2.45) is 0 Å². The Morgan fingerprint density at radius 3 is 2.53 bits per heavy atom. The van der Waals surface area contributed by atoms with Gasteiger partial charge in [0.25, 0.3) is 0 Å². The minimum absolute atomic E-state index is 0.0595. The molecule has 0 radical (unpaired) electrons. The van der Waals surface area contributed by atoms with Crippen LogP contribution < -0.4 is 10.5 Å². The number of hydrogen-bond acceptors (Lipinski definition) is 4. The molecule has 0 atom stereocenters. The van der Waals surface area contributed by atoms with Gasteiger partial charge in [0, 0.05) is 24.6 Å². The standard InChI is InChI=1S/C12H12FN3O2S/c13-10-5-11(14)7-12(6-10)19(17,18)16-8-9-1-3-15-4-2-9/h1-7,16H,8,14H2. The Bertz CT molecular complexity index is 654. The highest BCUT2D eigenvalue weighted by Gasteiger charge is 2.15. The fourth-order valence-electron chi connectivity index (χ4n) is 1.50. The zero-order valence-corrected chi connectivity index (χ0v) is 10.7. The van der Waals surface area contributed by atoms with Crippen LogP contribution in [0.5, 0.6) is 0 Å². The van der Waals surface area contributed by atoms with Crippen LogP contribution in [-0.4, -0.2) is 13.4 Å². The maximum Gasteiger partial charge on any atom is 0.241 e. The summed E-state index contributed by atoms with van der Waals surface area (Å²) in [6.07, 6.45) is 3.12. The van der Waals surface area contributed by atoms with Gasteiger partial charge in [0.05, 0.1) is 4.90 Å². The van der Waals surface area contributed by atoms with Gasteiger partial charge in [-0.15, -0.1) is 0 Å². The highest BCUT2D eigenvalue weighted by molar-refractivity contribution is 7.89. The topological polar surface area (TPSA) is 85.1 Å². The second-order valence-electron chi connectivity index (χ2n) is 3.90. The Kier molecular flexibility index (Phi) is 3.77. The largest absolute Gasteiger partial charge is 0.399 e. The molecule has 0 amide bonds. The molecule has 2 rings (SSSR count). The molecule has 5 nitrogen and oxygen atoms in total. The van der Waals surface area contributed by atoms with Crippen molar-refractivity contribution in [1.82, 2.24) is 9.71 Å². The first kappa shape index (κ1) is 13.4. The van der Waals surface area contributed by atoms with E-state index < -0.39 is 15.8 Å². The van der Waals surface area contributed by atoms with Gasteiger partial charge in [-0.1, -0.05) is 0 Å². The van der Waals surface area contributed by atoms with Crippen molar-refractivity contribution in [2.75, 3.05) is 5.73 Å². The van der Waals surface area contributed by atoms with E-state index in [1.165, 1.54) is 6.07 Å². The van der Waals surface area contributed by atoms with Crippen molar-refractivity contribution < 1.29 is 12.8 Å². The summed E-state index contributed by atoms with van der Waals surface area (Å²) in [7, 11) is -3.79. The number of nitrogens with one attached hydrogen (secondary N) is 1. The van der Waals surface area contributed by atoms with E-state index in [0.717, 1.165) is 17.7 Å². The quantitative estimate of drug-likeness (QED) is 0.827. The summed E-state index contributed by atoms with van der Waals surface area (Å²) < 4.78 is 39.4. The smallest absolute Gasteiger partial charge is 0.241 e. The third-order valence-electron chi connectivity index (χ3n) is 2.42. The van der Waals surface area contributed by atoms with Crippen molar-refractivity contribution in [2.45, 2.75) is 11.4 Å². The zero-order valence-electron chi connectivity index (χ0n) is 9.88. The lowest BCUT2D eigenvalue weighted by molar-refractivity contribution is 0.577. The molecule has 3 N–H and O–H groups in total. The van der Waals surface area contributed by atoms with Gasteiger partial charge in [-0.05, 0) is 35.9 Å². The molecule has 0 aliphatic rings. The molecule has 0 aliphatic heterocycles. The number of sulfonamides is 1. The number of hydrogen-bond donors (Lipinski definition) is 2. The molecule has 2 aromatic rings. The Labute approximate surface area is 110 Å². The first-order valence-electron chi connectivity index (χ1n) is 5.42. The van der Waals surface area contributed by atoms with Crippen LogP contribution in [0.3, 0.4) is 0 Å². The first-order valence-corrected chi connectivity index (χ1v) is 6.90. The maximum atomic E-state index is 13.1. The lowest BCUT2D eigenvalue weighted by Gasteiger charge is -2.07. The minimum atomic E-state index is -3.79. The molecule has 0 saturated carbocycles. The van der Waals surface area contributed by atoms with Gasteiger partial charge >= 0.3 is 0 Å². The Morgan fingerprint density at radius 2 is 1.89 bits per heavy atom. The predicted molar refractivity (Wildman–Crippen MR) is 69.1 cm³/mol. The van der Waals surface area contributed by atoms with Crippen LogP contribution in [0.15, 0.2) is 47.6 Å². The van der Waals surface area contributed by atoms with Crippen molar-refractivity contribution in [1.29, 1.82) is 0 Å². The summed E-state index contributed by atoms with van der Waals surface area (Å²) in [5.41, 5.74) is 6.24. The second-order valence-corrected chi connectivity index (χ2v) is 5.67. The molecular weight excluding hydrogens is 269 g/mol. The van der Waals surface area contributed by atoms with Crippen LogP contribution in [-0.2, 0) is 16.6 Å². The Morgan fingerprint density at radius 1 is 1.21 bits per heavy atom. The average Bonchev–Trinajstić information content (AvgIpc) is 2.37. The number of benzene rings is 1. The molecule has 7 heteroatoms. The number of halogens is 1. The Balaban J connectivity index is 2.19. The lowest BCUT2D eigenvalue weighted by atomic mass is 10.3. The van der Waals surface area contributed by atoms with E-state index in [4.69, 9.17) is 5.73 Å². The SMILES string of the molecule is Nc1cc(F)cc(S(=O)(=O)NCc2ccncc2)c1. The van der Waals surface area contributed by atoms with Gasteiger partial charge in [0.15, 0.2) is 0 Å². The summed E-state index contributed by atoms with van der Waals surface area (Å²) in [5.74, 6) is -0.690. The highest BCUT2D eigenvalue weighted by Crippen LogP contribution is 2.16. The number of rotatable bonds is 4. The van der Waals surface area contributed by atoms with Gasteiger partial charge in [-0.25, -0.2) is 17.5 Å². The fourth-order valence-corrected chi connectivity index (χ4v) is 2.58. The number of nitrogens with zero attached hydrogens (tertiary/aromatic N) is 1. The van der Waals surface area contributed by atoms with Crippen LogP contribution in [0, 0.1) is 5.82 Å². The summed E-state index contributed by atoms with van der Waals surface area (Å²) in [6.45, 7) is 0.0985. The highest BCUT2D eigenvalue weighted by atomic mass is 32.2. The van der Waals surface area contributed by atoms with E-state index in [-0.39, 0.29) is 17.1 Å². The lowest BCUT2D eigenvalue weighted by Crippen LogP contribution is -2.23. The first-order chi connectivity index (χ1) is 8.97. The molecule has 0 saturated heterocycles. The Hall–Kier alpha value is -1.99. The van der Waals surface area contributed by atoms with E-state index >= 15 is 0 Å². The molecule has 0 aliphatic carbocycles. The summed E-state index contributed by atoms with van der Waals surface area (Å²) in [5, 5.41) is 0. The van der Waals surface area contributed by atoms with E-state index in [0.29, 0.717) is 0 Å². The number of nitrogen functional groups attached to an aromatic ring is 1. The molecule has 0 fully saturated rings. The van der Waals surface area contributed by atoms with Gasteiger partial charge < -0.3 is 5.73 Å². The number of pyridine rings is 1. The van der Waals surface area contributed by atoms with Crippen LogP contribution in [0.2, 0.25) is 0 Å². The summed E-state index contributed by atoms with van der Waals surface area (Å²) in [6, 6.07) is 6.55. The van der Waals surface area contributed by atoms with Crippen LogP contribution in [0.4, 0.5) is 10.1 Å². The van der Waals surface area contributed by atoms with Gasteiger partial charge in [0.2, 0.25) is 10.0 Å². The van der Waals surface area contributed by atoms with Crippen molar-refractivity contribution in [3.05, 3.63) is 54.1 Å². The number of nitrogens with two attached hydrogens (primary N) is 1. The maximum absolute atomic E-state index is 13.1. The molecule has 0 bridgehead atoms. The van der Waals surface area contributed by atoms with E-state index in [1.54, 1.807) is 24.5 Å². The average molecular weight is 281 g/mol. The molecule has 19 heavy (non-hydrogen) atoms. The summed E-state index contributed by atoms with van der Waals surface area (Å²) >= 11 is 0. The fraction of sp³-hybridized carbons (Fsp3) is 0.0833. The molecule has 0 unspecified atom stereocenters.